The third kappa shape index (κ3) is 3.04. The summed E-state index contributed by atoms with van der Waals surface area (Å²) in [7, 11) is 0. The van der Waals surface area contributed by atoms with Crippen LogP contribution in [0.3, 0.4) is 0 Å². The van der Waals surface area contributed by atoms with E-state index in [9.17, 15) is 14.4 Å². The maximum Gasteiger partial charge on any atom is 0.305 e. The van der Waals surface area contributed by atoms with Gasteiger partial charge in [-0.3, -0.25) is 14.4 Å². The zero-order valence-corrected chi connectivity index (χ0v) is 12.0. The number of anilines is 1. The van der Waals surface area contributed by atoms with E-state index >= 15 is 0 Å². The van der Waals surface area contributed by atoms with Gasteiger partial charge in [-0.2, -0.15) is 0 Å². The Bertz CT molecular complexity index is 596. The zero-order valence-electron chi connectivity index (χ0n) is 12.0. The Kier molecular flexibility index (Phi) is 4.26. The van der Waals surface area contributed by atoms with Crippen LogP contribution in [-0.4, -0.2) is 35.4 Å². The van der Waals surface area contributed by atoms with Gasteiger partial charge in [-0.05, 0) is 25.1 Å². The molecule has 1 aromatic carbocycles. The van der Waals surface area contributed by atoms with Crippen LogP contribution in [0.2, 0.25) is 0 Å². The second-order valence-electron chi connectivity index (χ2n) is 4.85. The maximum absolute atomic E-state index is 12.2. The van der Waals surface area contributed by atoms with Gasteiger partial charge in [0.15, 0.2) is 11.9 Å². The molecular weight excluding hydrogens is 274 g/mol. The zero-order chi connectivity index (χ0) is 15.6. The van der Waals surface area contributed by atoms with Gasteiger partial charge in [0, 0.05) is 18.5 Å². The van der Waals surface area contributed by atoms with Gasteiger partial charge in [-0.1, -0.05) is 6.92 Å². The number of ether oxygens (including phenoxy) is 1. The van der Waals surface area contributed by atoms with E-state index in [0.717, 1.165) is 0 Å². The van der Waals surface area contributed by atoms with E-state index in [0.29, 0.717) is 23.4 Å². The Labute approximate surface area is 122 Å². The second kappa shape index (κ2) is 5.95. The number of aliphatic carboxylic acids is 1. The number of nitrogens with zero attached hydrogens (tertiary/aromatic N) is 1. The number of hydrogen-bond acceptors (Lipinski definition) is 4. The van der Waals surface area contributed by atoms with Crippen molar-refractivity contribution in [3.63, 3.8) is 0 Å². The van der Waals surface area contributed by atoms with Crippen molar-refractivity contribution in [1.82, 2.24) is 0 Å². The first-order valence-corrected chi connectivity index (χ1v) is 6.81. The summed E-state index contributed by atoms with van der Waals surface area (Å²) in [6.07, 6.45) is -0.470. The van der Waals surface area contributed by atoms with Gasteiger partial charge in [-0.15, -0.1) is 0 Å². The fourth-order valence-electron chi connectivity index (χ4n) is 2.22. The van der Waals surface area contributed by atoms with Crippen molar-refractivity contribution in [2.24, 2.45) is 0 Å². The molecule has 0 saturated carbocycles. The van der Waals surface area contributed by atoms with Crippen molar-refractivity contribution in [3.8, 4) is 5.75 Å². The summed E-state index contributed by atoms with van der Waals surface area (Å²) in [5.41, 5.74) is 0.946. The largest absolute Gasteiger partial charge is 0.481 e. The standard InChI is InChI=1S/C15H17NO5/c1-3-12(17)10-4-5-13-11(8-10)16(7-6-14(18)19)15(20)9(2)21-13/h4-5,8-9H,3,6-7H2,1-2H3,(H,18,19). The molecule has 1 amide bonds. The Morgan fingerprint density at radius 2 is 2.10 bits per heavy atom. The molecule has 6 heteroatoms. The van der Waals surface area contributed by atoms with Crippen LogP contribution < -0.4 is 9.64 Å². The highest BCUT2D eigenvalue weighted by Gasteiger charge is 2.32. The molecule has 0 spiro atoms. The summed E-state index contributed by atoms with van der Waals surface area (Å²) < 4.78 is 5.50. The fourth-order valence-corrected chi connectivity index (χ4v) is 2.22. The Balaban J connectivity index is 2.39. The average Bonchev–Trinajstić information content (AvgIpc) is 2.46. The van der Waals surface area contributed by atoms with E-state index in [1.165, 1.54) is 4.90 Å². The first-order chi connectivity index (χ1) is 9.93. The molecule has 21 heavy (non-hydrogen) atoms. The quantitative estimate of drug-likeness (QED) is 0.837. The van der Waals surface area contributed by atoms with Crippen molar-refractivity contribution >= 4 is 23.3 Å². The Hall–Kier alpha value is -2.37. The Morgan fingerprint density at radius 1 is 1.38 bits per heavy atom. The van der Waals surface area contributed by atoms with Gasteiger partial charge in [0.2, 0.25) is 0 Å². The number of amides is 1. The van der Waals surface area contributed by atoms with Gasteiger partial charge < -0.3 is 14.7 Å². The topological polar surface area (TPSA) is 83.9 Å². The molecule has 1 aliphatic heterocycles. The lowest BCUT2D eigenvalue weighted by molar-refractivity contribution is -0.136. The monoisotopic (exact) mass is 291 g/mol. The van der Waals surface area contributed by atoms with E-state index in [1.807, 2.05) is 0 Å². The highest BCUT2D eigenvalue weighted by molar-refractivity contribution is 6.03. The second-order valence-corrected chi connectivity index (χ2v) is 4.85. The number of carboxylic acids is 1. The van der Waals surface area contributed by atoms with Gasteiger partial charge in [0.25, 0.3) is 5.91 Å². The summed E-state index contributed by atoms with van der Waals surface area (Å²) in [5, 5.41) is 8.80. The van der Waals surface area contributed by atoms with Gasteiger partial charge in [0.1, 0.15) is 5.75 Å². The molecule has 1 aromatic rings. The summed E-state index contributed by atoms with van der Waals surface area (Å²) >= 11 is 0. The fraction of sp³-hybridized carbons (Fsp3) is 0.400. The van der Waals surface area contributed by atoms with Crippen molar-refractivity contribution in [1.29, 1.82) is 0 Å². The van der Waals surface area contributed by atoms with Crippen LogP contribution in [0.25, 0.3) is 0 Å². The molecule has 1 aliphatic rings. The number of fused-ring (bicyclic) bond motifs is 1. The van der Waals surface area contributed by atoms with Crippen LogP contribution in [0.4, 0.5) is 5.69 Å². The number of hydrogen-bond donors (Lipinski definition) is 1. The van der Waals surface area contributed by atoms with Crippen LogP contribution in [0.1, 0.15) is 37.0 Å². The smallest absolute Gasteiger partial charge is 0.305 e. The minimum absolute atomic E-state index is 0.0398. The summed E-state index contributed by atoms with van der Waals surface area (Å²) in [5.74, 6) is -0.837. The molecule has 0 bridgehead atoms. The van der Waals surface area contributed by atoms with Crippen LogP contribution in [0, 0.1) is 0 Å². The van der Waals surface area contributed by atoms with E-state index < -0.39 is 12.1 Å². The summed E-state index contributed by atoms with van der Waals surface area (Å²) in [6.45, 7) is 3.43. The molecule has 6 nitrogen and oxygen atoms in total. The van der Waals surface area contributed by atoms with Crippen molar-refractivity contribution in [2.45, 2.75) is 32.8 Å². The number of Topliss-reactive ketones (excluding diaryl/α,β-unsaturated/α-hetero) is 1. The van der Waals surface area contributed by atoms with Crippen molar-refractivity contribution < 1.29 is 24.2 Å². The maximum atomic E-state index is 12.2. The molecule has 1 unspecified atom stereocenters. The molecular formula is C15H17NO5. The number of carbonyl (C=O) groups is 3. The number of rotatable bonds is 5. The van der Waals surface area contributed by atoms with E-state index in [4.69, 9.17) is 9.84 Å². The van der Waals surface area contributed by atoms with E-state index in [-0.39, 0.29) is 24.7 Å². The minimum Gasteiger partial charge on any atom is -0.481 e. The highest BCUT2D eigenvalue weighted by atomic mass is 16.5. The van der Waals surface area contributed by atoms with Gasteiger partial charge >= 0.3 is 5.97 Å². The minimum atomic E-state index is -0.982. The van der Waals surface area contributed by atoms with Crippen LogP contribution >= 0.6 is 0 Å². The molecule has 0 aliphatic carbocycles. The Morgan fingerprint density at radius 3 is 2.71 bits per heavy atom. The molecule has 0 aromatic heterocycles. The predicted molar refractivity (Wildman–Crippen MR) is 75.8 cm³/mol. The molecule has 1 N–H and O–H groups in total. The normalized spacial score (nSPS) is 17.1. The van der Waals surface area contributed by atoms with E-state index in [1.54, 1.807) is 32.0 Å². The van der Waals surface area contributed by atoms with Crippen LogP contribution in [-0.2, 0) is 9.59 Å². The van der Waals surface area contributed by atoms with E-state index in [2.05, 4.69) is 0 Å². The van der Waals surface area contributed by atoms with Crippen molar-refractivity contribution in [3.05, 3.63) is 23.8 Å². The lowest BCUT2D eigenvalue weighted by atomic mass is 10.1. The molecule has 1 atom stereocenters. The first kappa shape index (κ1) is 15.0. The lowest BCUT2D eigenvalue weighted by Gasteiger charge is -2.33. The predicted octanol–water partition coefficient (Wildman–Crippen LogP) is 1.87. The van der Waals surface area contributed by atoms with Gasteiger partial charge in [0.05, 0.1) is 12.1 Å². The molecule has 0 saturated heterocycles. The highest BCUT2D eigenvalue weighted by Crippen LogP contribution is 2.35. The summed E-state index contributed by atoms with van der Waals surface area (Å²) in [4.78, 5) is 36.1. The molecule has 1 heterocycles. The lowest BCUT2D eigenvalue weighted by Crippen LogP contribution is -2.45. The number of ketones is 1. The van der Waals surface area contributed by atoms with Crippen LogP contribution in [0.15, 0.2) is 18.2 Å². The SMILES string of the molecule is CCC(=O)c1ccc2c(c1)N(CCC(=O)O)C(=O)C(C)O2. The third-order valence-electron chi connectivity index (χ3n) is 3.36. The molecule has 0 fully saturated rings. The molecule has 112 valence electrons. The van der Waals surface area contributed by atoms with Crippen LogP contribution in [0.5, 0.6) is 5.75 Å². The third-order valence-corrected chi connectivity index (χ3v) is 3.36. The number of carbonyl (C=O) groups excluding carboxylic acids is 2. The molecule has 2 rings (SSSR count). The van der Waals surface area contributed by atoms with Gasteiger partial charge in [-0.25, -0.2) is 0 Å². The van der Waals surface area contributed by atoms with Crippen molar-refractivity contribution in [2.75, 3.05) is 11.4 Å². The first-order valence-electron chi connectivity index (χ1n) is 6.81. The number of benzene rings is 1. The summed E-state index contributed by atoms with van der Waals surface area (Å²) in [6, 6.07) is 4.89. The average molecular weight is 291 g/mol. The number of carboxylic acid groups (broad SMARTS) is 1. The molecule has 0 radical (unpaired) electrons.